The Balaban J connectivity index is 1.87. The van der Waals surface area contributed by atoms with Crippen molar-refractivity contribution in [2.75, 3.05) is 43.6 Å². The third-order valence-corrected chi connectivity index (χ3v) is 3.92. The first-order valence-electron chi connectivity index (χ1n) is 8.86. The lowest BCUT2D eigenvalue weighted by Crippen LogP contribution is -2.22. The number of aromatic nitrogens is 3. The summed E-state index contributed by atoms with van der Waals surface area (Å²) >= 11 is 0. The molecule has 0 saturated heterocycles. The lowest BCUT2D eigenvalue weighted by Gasteiger charge is -2.13. The molecule has 0 spiro atoms. The van der Waals surface area contributed by atoms with Gasteiger partial charge in [0.05, 0.1) is 5.69 Å². The molecule has 8 nitrogen and oxygen atoms in total. The molecule has 8 heteroatoms. The van der Waals surface area contributed by atoms with Crippen molar-refractivity contribution in [2.45, 2.75) is 0 Å². The Morgan fingerprint density at radius 3 is 2.71 bits per heavy atom. The molecule has 144 valence electrons. The average molecular weight is 377 g/mol. The Labute approximate surface area is 163 Å². The summed E-state index contributed by atoms with van der Waals surface area (Å²) in [7, 11) is 3.98. The third kappa shape index (κ3) is 5.24. The highest BCUT2D eigenvalue weighted by atomic mass is 16.1. The van der Waals surface area contributed by atoms with Crippen LogP contribution in [0.15, 0.2) is 54.9 Å². The molecule has 1 aromatic carbocycles. The Morgan fingerprint density at radius 2 is 2.00 bits per heavy atom. The van der Waals surface area contributed by atoms with Gasteiger partial charge in [-0.1, -0.05) is 6.07 Å². The van der Waals surface area contributed by atoms with Gasteiger partial charge in [0.1, 0.15) is 5.82 Å². The summed E-state index contributed by atoms with van der Waals surface area (Å²) in [6.45, 7) is 1.50. The molecule has 0 saturated carbocycles. The van der Waals surface area contributed by atoms with Crippen molar-refractivity contribution in [3.8, 4) is 11.3 Å². The molecular weight excluding hydrogens is 354 g/mol. The summed E-state index contributed by atoms with van der Waals surface area (Å²) in [4.78, 5) is 27.7. The van der Waals surface area contributed by atoms with E-state index in [0.717, 1.165) is 12.1 Å². The first-order valence-corrected chi connectivity index (χ1v) is 8.86. The molecule has 28 heavy (non-hydrogen) atoms. The second-order valence-corrected chi connectivity index (χ2v) is 6.51. The number of pyridine rings is 1. The van der Waals surface area contributed by atoms with Crippen LogP contribution >= 0.6 is 0 Å². The predicted molar refractivity (Wildman–Crippen MR) is 111 cm³/mol. The summed E-state index contributed by atoms with van der Waals surface area (Å²) in [6, 6.07) is 12.2. The van der Waals surface area contributed by atoms with E-state index in [1.54, 1.807) is 42.7 Å². The highest BCUT2D eigenvalue weighted by Gasteiger charge is 2.11. The highest BCUT2D eigenvalue weighted by molar-refractivity contribution is 6.04. The van der Waals surface area contributed by atoms with E-state index in [1.807, 2.05) is 26.2 Å². The molecule has 0 bridgehead atoms. The van der Waals surface area contributed by atoms with Crippen molar-refractivity contribution in [1.82, 2.24) is 19.9 Å². The minimum absolute atomic E-state index is 0.289. The number of carbonyl (C=O) groups excluding carboxylic acids is 1. The number of nitrogens with zero attached hydrogens (tertiary/aromatic N) is 4. The van der Waals surface area contributed by atoms with Gasteiger partial charge in [0, 0.05) is 48.4 Å². The van der Waals surface area contributed by atoms with E-state index in [9.17, 15) is 4.79 Å². The first kappa shape index (κ1) is 19.2. The molecule has 0 unspecified atom stereocenters. The number of hydrogen-bond acceptors (Lipinski definition) is 7. The zero-order valence-corrected chi connectivity index (χ0v) is 15.9. The number of likely N-dealkylation sites (N-methyl/N-ethyl adjacent to an activating group) is 1. The second kappa shape index (κ2) is 8.92. The number of rotatable bonds is 7. The molecule has 0 fully saturated rings. The molecule has 3 rings (SSSR count). The van der Waals surface area contributed by atoms with Gasteiger partial charge in [-0.2, -0.15) is 4.98 Å². The smallest absolute Gasteiger partial charge is 0.256 e. The molecular formula is C20H23N7O. The van der Waals surface area contributed by atoms with E-state index in [1.165, 1.54) is 0 Å². The lowest BCUT2D eigenvalue weighted by molar-refractivity contribution is 0.102. The van der Waals surface area contributed by atoms with E-state index in [0.29, 0.717) is 35.3 Å². The topological polar surface area (TPSA) is 109 Å². The number of hydrogen-bond donors (Lipinski definition) is 3. The Morgan fingerprint density at radius 1 is 1.14 bits per heavy atom. The molecule has 4 N–H and O–H groups in total. The molecule has 3 aromatic rings. The number of anilines is 3. The van der Waals surface area contributed by atoms with Crippen LogP contribution in [-0.2, 0) is 0 Å². The summed E-state index contributed by atoms with van der Waals surface area (Å²) in [5, 5.41) is 6.01. The summed E-state index contributed by atoms with van der Waals surface area (Å²) in [5.41, 5.74) is 8.25. The van der Waals surface area contributed by atoms with Gasteiger partial charge in [0.2, 0.25) is 5.95 Å². The van der Waals surface area contributed by atoms with Crippen molar-refractivity contribution in [1.29, 1.82) is 0 Å². The molecule has 0 radical (unpaired) electrons. The first-order chi connectivity index (χ1) is 13.5. The van der Waals surface area contributed by atoms with Crippen molar-refractivity contribution < 1.29 is 4.79 Å². The van der Waals surface area contributed by atoms with Gasteiger partial charge in [-0.3, -0.25) is 9.78 Å². The van der Waals surface area contributed by atoms with Crippen molar-refractivity contribution in [3.63, 3.8) is 0 Å². The van der Waals surface area contributed by atoms with Crippen LogP contribution < -0.4 is 16.4 Å². The number of amides is 1. The number of benzene rings is 1. The molecule has 0 atom stereocenters. The van der Waals surface area contributed by atoms with Crippen LogP contribution in [0.1, 0.15) is 10.4 Å². The Bertz CT molecular complexity index is 944. The number of nitrogens with one attached hydrogen (secondary N) is 2. The normalized spacial score (nSPS) is 10.7. The largest absolute Gasteiger partial charge is 0.399 e. The van der Waals surface area contributed by atoms with Gasteiger partial charge in [0.25, 0.3) is 5.91 Å². The quantitative estimate of drug-likeness (QED) is 0.542. The van der Waals surface area contributed by atoms with Crippen LogP contribution in [0.2, 0.25) is 0 Å². The molecule has 0 aliphatic carbocycles. The van der Waals surface area contributed by atoms with Gasteiger partial charge in [-0.25, -0.2) is 4.98 Å². The second-order valence-electron chi connectivity index (χ2n) is 6.51. The fourth-order valence-electron chi connectivity index (χ4n) is 2.51. The SMILES string of the molecule is CN(C)CCNc1nc(NC(=O)c2cccc(N)c2)cc(-c2cccnc2)n1. The summed E-state index contributed by atoms with van der Waals surface area (Å²) in [6.07, 6.45) is 3.42. The van der Waals surface area contributed by atoms with Crippen molar-refractivity contribution >= 4 is 23.4 Å². The van der Waals surface area contributed by atoms with Gasteiger partial charge in [-0.15, -0.1) is 0 Å². The number of nitrogens with two attached hydrogens (primary N) is 1. The van der Waals surface area contributed by atoms with Gasteiger partial charge in [-0.05, 0) is 44.4 Å². The fourth-order valence-corrected chi connectivity index (χ4v) is 2.51. The van der Waals surface area contributed by atoms with E-state index < -0.39 is 0 Å². The van der Waals surface area contributed by atoms with Gasteiger partial charge < -0.3 is 21.3 Å². The minimum atomic E-state index is -0.289. The minimum Gasteiger partial charge on any atom is -0.399 e. The maximum absolute atomic E-state index is 12.6. The van der Waals surface area contributed by atoms with Crippen LogP contribution in [0.4, 0.5) is 17.5 Å². The van der Waals surface area contributed by atoms with E-state index in [4.69, 9.17) is 5.73 Å². The maximum Gasteiger partial charge on any atom is 0.256 e. The molecule has 1 amide bonds. The number of nitrogen functional groups attached to an aromatic ring is 1. The monoisotopic (exact) mass is 377 g/mol. The summed E-state index contributed by atoms with van der Waals surface area (Å²) < 4.78 is 0. The zero-order chi connectivity index (χ0) is 19.9. The van der Waals surface area contributed by atoms with Crippen LogP contribution in [0.5, 0.6) is 0 Å². The predicted octanol–water partition coefficient (Wildman–Crippen LogP) is 2.35. The third-order valence-electron chi connectivity index (χ3n) is 3.92. The van der Waals surface area contributed by atoms with Gasteiger partial charge >= 0.3 is 0 Å². The van der Waals surface area contributed by atoms with E-state index >= 15 is 0 Å². The van der Waals surface area contributed by atoms with Crippen LogP contribution in [-0.4, -0.2) is 52.9 Å². The van der Waals surface area contributed by atoms with Crippen LogP contribution in [0.3, 0.4) is 0 Å². The number of carbonyl (C=O) groups is 1. The lowest BCUT2D eigenvalue weighted by atomic mass is 10.2. The Kier molecular flexibility index (Phi) is 6.13. The van der Waals surface area contributed by atoms with E-state index in [2.05, 4.69) is 30.5 Å². The van der Waals surface area contributed by atoms with Crippen molar-refractivity contribution in [3.05, 3.63) is 60.4 Å². The standard InChI is InChI=1S/C20H23N7O/c1-27(2)10-9-23-20-24-17(15-6-4-8-22-13-15)12-18(26-20)25-19(28)14-5-3-7-16(21)11-14/h3-8,11-13H,9-10,21H2,1-2H3,(H2,23,24,25,26,28). The summed E-state index contributed by atoms with van der Waals surface area (Å²) in [5.74, 6) is 0.544. The van der Waals surface area contributed by atoms with Gasteiger partial charge in [0.15, 0.2) is 0 Å². The zero-order valence-electron chi connectivity index (χ0n) is 15.9. The average Bonchev–Trinajstić information content (AvgIpc) is 2.68. The van der Waals surface area contributed by atoms with Crippen LogP contribution in [0.25, 0.3) is 11.3 Å². The van der Waals surface area contributed by atoms with E-state index in [-0.39, 0.29) is 5.91 Å². The van der Waals surface area contributed by atoms with Crippen molar-refractivity contribution in [2.24, 2.45) is 0 Å². The molecule has 2 heterocycles. The molecule has 2 aromatic heterocycles. The molecule has 0 aliphatic heterocycles. The maximum atomic E-state index is 12.6. The Hall–Kier alpha value is -3.52. The van der Waals surface area contributed by atoms with Crippen LogP contribution in [0, 0.1) is 0 Å². The highest BCUT2D eigenvalue weighted by Crippen LogP contribution is 2.21. The fraction of sp³-hybridized carbons (Fsp3) is 0.200. The molecule has 0 aliphatic rings.